The summed E-state index contributed by atoms with van der Waals surface area (Å²) in [5, 5.41) is 9.93. The Kier molecular flexibility index (Phi) is 15.7. The van der Waals surface area contributed by atoms with Crippen molar-refractivity contribution in [3.8, 4) is 0 Å². The van der Waals surface area contributed by atoms with Gasteiger partial charge in [-0.1, -0.05) is 51.9 Å². The van der Waals surface area contributed by atoms with Gasteiger partial charge in [-0.15, -0.1) is 0 Å². The number of hydrogen-bond acceptors (Lipinski definition) is 4. The molecule has 0 aromatic rings. The smallest absolute Gasteiger partial charge is 0.305 e. The number of esters is 1. The molecule has 1 amide bonds. The van der Waals surface area contributed by atoms with E-state index in [-0.39, 0.29) is 23.9 Å². The summed E-state index contributed by atoms with van der Waals surface area (Å²) in [6.07, 6.45) is 11.4. The molecule has 5 nitrogen and oxygen atoms in total. The lowest BCUT2D eigenvalue weighted by Crippen LogP contribution is -2.23. The van der Waals surface area contributed by atoms with Crippen molar-refractivity contribution in [2.24, 2.45) is 11.7 Å². The van der Waals surface area contributed by atoms with Gasteiger partial charge in [0.1, 0.15) is 0 Å². The minimum Gasteiger partial charge on any atom is -0.466 e. The van der Waals surface area contributed by atoms with Crippen molar-refractivity contribution < 1.29 is 19.4 Å². The number of amides is 1. The summed E-state index contributed by atoms with van der Waals surface area (Å²) in [5.74, 6) is -0.449. The molecule has 0 spiro atoms. The summed E-state index contributed by atoms with van der Waals surface area (Å²) in [5.41, 5.74) is 5.50. The molecule has 0 saturated heterocycles. The molecular formula is C20H39NO4. The van der Waals surface area contributed by atoms with Gasteiger partial charge in [0.25, 0.3) is 0 Å². The SMILES string of the molecule is CCCCCC(O)CCCC(CCCCCCC(=O)OCC)C(N)=O. The summed E-state index contributed by atoms with van der Waals surface area (Å²) in [6.45, 7) is 4.40. The van der Waals surface area contributed by atoms with Gasteiger partial charge in [-0.05, 0) is 39.0 Å². The van der Waals surface area contributed by atoms with Crippen LogP contribution in [-0.4, -0.2) is 29.7 Å². The van der Waals surface area contributed by atoms with Crippen LogP contribution in [0.3, 0.4) is 0 Å². The number of primary amides is 1. The second-order valence-corrected chi connectivity index (χ2v) is 6.94. The summed E-state index contributed by atoms with van der Waals surface area (Å²) in [6, 6.07) is 0. The highest BCUT2D eigenvalue weighted by Gasteiger charge is 2.15. The van der Waals surface area contributed by atoms with E-state index in [0.717, 1.165) is 77.0 Å². The van der Waals surface area contributed by atoms with Crippen molar-refractivity contribution in [3.05, 3.63) is 0 Å². The van der Waals surface area contributed by atoms with E-state index in [1.165, 1.54) is 0 Å². The van der Waals surface area contributed by atoms with Crippen molar-refractivity contribution in [2.45, 2.75) is 103 Å². The Morgan fingerprint density at radius 3 is 2.12 bits per heavy atom. The molecule has 0 saturated carbocycles. The number of ether oxygens (including phenoxy) is 1. The molecule has 0 aromatic carbocycles. The average molecular weight is 358 g/mol. The standard InChI is InChI=1S/C20H39NO4/c1-3-5-8-14-18(22)15-11-13-17(20(21)24)12-9-6-7-10-16-19(23)25-4-2/h17-18,22H,3-16H2,1-2H3,(H2,21,24). The molecule has 2 atom stereocenters. The van der Waals surface area contributed by atoms with Crippen molar-refractivity contribution in [2.75, 3.05) is 6.61 Å². The lowest BCUT2D eigenvalue weighted by molar-refractivity contribution is -0.143. The number of aliphatic hydroxyl groups is 1. The van der Waals surface area contributed by atoms with E-state index in [0.29, 0.717) is 13.0 Å². The molecule has 0 aliphatic carbocycles. The van der Waals surface area contributed by atoms with Gasteiger partial charge in [0.15, 0.2) is 0 Å². The first-order chi connectivity index (χ1) is 12.0. The van der Waals surface area contributed by atoms with E-state index >= 15 is 0 Å². The van der Waals surface area contributed by atoms with E-state index in [2.05, 4.69) is 6.92 Å². The number of carbonyl (C=O) groups excluding carboxylic acids is 2. The van der Waals surface area contributed by atoms with Crippen LogP contribution in [0.1, 0.15) is 97.3 Å². The third-order valence-corrected chi connectivity index (χ3v) is 4.62. The number of carbonyl (C=O) groups is 2. The third kappa shape index (κ3) is 14.9. The van der Waals surface area contributed by atoms with Crippen LogP contribution < -0.4 is 5.73 Å². The number of nitrogens with two attached hydrogens (primary N) is 1. The molecule has 0 radical (unpaired) electrons. The van der Waals surface area contributed by atoms with Crippen LogP contribution in [-0.2, 0) is 14.3 Å². The first kappa shape index (κ1) is 23.9. The van der Waals surface area contributed by atoms with Crippen LogP contribution in [0.4, 0.5) is 0 Å². The summed E-state index contributed by atoms with van der Waals surface area (Å²) < 4.78 is 4.89. The molecule has 0 bridgehead atoms. The lowest BCUT2D eigenvalue weighted by atomic mass is 9.93. The Labute approximate surface area is 153 Å². The van der Waals surface area contributed by atoms with E-state index in [9.17, 15) is 14.7 Å². The number of unbranched alkanes of at least 4 members (excludes halogenated alkanes) is 5. The Hall–Kier alpha value is -1.10. The predicted octanol–water partition coefficient (Wildman–Crippen LogP) is 4.10. The largest absolute Gasteiger partial charge is 0.466 e. The second kappa shape index (κ2) is 16.4. The molecule has 0 fully saturated rings. The fraction of sp³-hybridized carbons (Fsp3) is 0.900. The molecular weight excluding hydrogens is 318 g/mol. The number of hydrogen-bond donors (Lipinski definition) is 2. The maximum Gasteiger partial charge on any atom is 0.305 e. The molecule has 2 unspecified atom stereocenters. The number of aliphatic hydroxyl groups excluding tert-OH is 1. The van der Waals surface area contributed by atoms with Crippen LogP contribution >= 0.6 is 0 Å². The quantitative estimate of drug-likeness (QED) is 0.303. The fourth-order valence-corrected chi connectivity index (χ4v) is 3.05. The van der Waals surface area contributed by atoms with Gasteiger partial charge in [0, 0.05) is 12.3 Å². The zero-order valence-electron chi connectivity index (χ0n) is 16.3. The summed E-state index contributed by atoms with van der Waals surface area (Å²) in [7, 11) is 0. The molecule has 25 heavy (non-hydrogen) atoms. The summed E-state index contributed by atoms with van der Waals surface area (Å²) in [4.78, 5) is 22.8. The molecule has 0 aliphatic heterocycles. The van der Waals surface area contributed by atoms with Crippen molar-refractivity contribution in [1.82, 2.24) is 0 Å². The van der Waals surface area contributed by atoms with Gasteiger partial charge < -0.3 is 15.6 Å². The van der Waals surface area contributed by atoms with Crippen LogP contribution in [0, 0.1) is 5.92 Å². The zero-order valence-corrected chi connectivity index (χ0v) is 16.3. The van der Waals surface area contributed by atoms with E-state index in [1.807, 2.05) is 6.92 Å². The van der Waals surface area contributed by atoms with Crippen LogP contribution in [0.25, 0.3) is 0 Å². The third-order valence-electron chi connectivity index (χ3n) is 4.62. The van der Waals surface area contributed by atoms with Crippen LogP contribution in [0.2, 0.25) is 0 Å². The maximum absolute atomic E-state index is 11.6. The van der Waals surface area contributed by atoms with E-state index in [4.69, 9.17) is 10.5 Å². The fourth-order valence-electron chi connectivity index (χ4n) is 3.05. The van der Waals surface area contributed by atoms with Crippen LogP contribution in [0.15, 0.2) is 0 Å². The van der Waals surface area contributed by atoms with Gasteiger partial charge in [0.2, 0.25) is 5.91 Å². The topological polar surface area (TPSA) is 89.6 Å². The summed E-state index contributed by atoms with van der Waals surface area (Å²) >= 11 is 0. The first-order valence-corrected chi connectivity index (χ1v) is 10.1. The minimum atomic E-state index is -0.247. The minimum absolute atomic E-state index is 0.0899. The zero-order chi connectivity index (χ0) is 18.9. The first-order valence-electron chi connectivity index (χ1n) is 10.1. The van der Waals surface area contributed by atoms with E-state index < -0.39 is 0 Å². The average Bonchev–Trinajstić information content (AvgIpc) is 2.56. The van der Waals surface area contributed by atoms with Crippen molar-refractivity contribution >= 4 is 11.9 Å². The van der Waals surface area contributed by atoms with Crippen molar-refractivity contribution in [3.63, 3.8) is 0 Å². The highest BCUT2D eigenvalue weighted by Crippen LogP contribution is 2.19. The van der Waals surface area contributed by atoms with Gasteiger partial charge in [-0.2, -0.15) is 0 Å². The molecule has 0 rings (SSSR count). The van der Waals surface area contributed by atoms with Crippen LogP contribution in [0.5, 0.6) is 0 Å². The number of rotatable bonds is 17. The Morgan fingerprint density at radius 1 is 0.880 bits per heavy atom. The molecule has 5 heteroatoms. The second-order valence-electron chi connectivity index (χ2n) is 6.94. The lowest BCUT2D eigenvalue weighted by Gasteiger charge is -2.15. The maximum atomic E-state index is 11.6. The van der Waals surface area contributed by atoms with Gasteiger partial charge in [-0.25, -0.2) is 0 Å². The Morgan fingerprint density at radius 2 is 1.48 bits per heavy atom. The van der Waals surface area contributed by atoms with Gasteiger partial charge >= 0.3 is 5.97 Å². The Balaban J connectivity index is 3.74. The molecule has 0 heterocycles. The molecule has 148 valence electrons. The van der Waals surface area contributed by atoms with Gasteiger partial charge in [-0.3, -0.25) is 9.59 Å². The predicted molar refractivity (Wildman–Crippen MR) is 101 cm³/mol. The Bertz CT molecular complexity index is 347. The molecule has 0 aromatic heterocycles. The van der Waals surface area contributed by atoms with Crippen molar-refractivity contribution in [1.29, 1.82) is 0 Å². The normalized spacial score (nSPS) is 13.4. The highest BCUT2D eigenvalue weighted by atomic mass is 16.5. The van der Waals surface area contributed by atoms with Gasteiger partial charge in [0.05, 0.1) is 12.7 Å². The molecule has 0 aliphatic rings. The van der Waals surface area contributed by atoms with E-state index in [1.54, 1.807) is 0 Å². The highest BCUT2D eigenvalue weighted by molar-refractivity contribution is 5.76. The monoisotopic (exact) mass is 357 g/mol. The molecule has 3 N–H and O–H groups in total.